The quantitative estimate of drug-likeness (QED) is 0.596. The number of benzene rings is 1. The number of hydrogen-bond acceptors (Lipinski definition) is 5. The molecule has 0 radical (unpaired) electrons. The van der Waals surface area contributed by atoms with Gasteiger partial charge in [-0.25, -0.2) is 0 Å². The lowest BCUT2D eigenvalue weighted by molar-refractivity contribution is -0.135. The molecule has 2 aliphatic rings. The molecule has 2 heterocycles. The molecule has 6 nitrogen and oxygen atoms in total. The van der Waals surface area contributed by atoms with E-state index in [4.69, 9.17) is 9.47 Å². The van der Waals surface area contributed by atoms with Gasteiger partial charge in [-0.1, -0.05) is 13.8 Å². The van der Waals surface area contributed by atoms with Crippen LogP contribution in [0.25, 0.3) is 0 Å². The van der Waals surface area contributed by atoms with Crippen LogP contribution in [0, 0.1) is 11.8 Å². The van der Waals surface area contributed by atoms with Gasteiger partial charge in [0.05, 0.1) is 24.7 Å². The molecule has 0 saturated carbocycles. The Balaban J connectivity index is 1.50. The van der Waals surface area contributed by atoms with Gasteiger partial charge in [0.2, 0.25) is 5.91 Å². The number of rotatable bonds is 7. The Labute approximate surface area is 189 Å². The number of halogens is 1. The first-order valence-corrected chi connectivity index (χ1v) is 11.9. The Hall–Kier alpha value is -1.31. The Bertz CT molecular complexity index is 712. The number of carbonyl (C=O) groups excluding carboxylic acids is 1. The third-order valence-electron chi connectivity index (χ3n) is 6.03. The van der Waals surface area contributed by atoms with Gasteiger partial charge in [0.15, 0.2) is 11.5 Å². The summed E-state index contributed by atoms with van der Waals surface area (Å²) >= 11 is 3.61. The van der Waals surface area contributed by atoms with Gasteiger partial charge < -0.3 is 14.4 Å². The third kappa shape index (κ3) is 6.11. The van der Waals surface area contributed by atoms with Crippen LogP contribution in [0.15, 0.2) is 16.6 Å². The Morgan fingerprint density at radius 3 is 2.33 bits per heavy atom. The number of piperidine rings is 1. The molecule has 0 spiro atoms. The lowest BCUT2D eigenvalue weighted by Gasteiger charge is -2.38. The molecule has 168 valence electrons. The fraction of sp³-hybridized carbons (Fsp3) is 0.696. The number of nitrogens with zero attached hydrogens (tertiary/aromatic N) is 3. The molecule has 0 aromatic heterocycles. The lowest BCUT2D eigenvalue weighted by atomic mass is 9.92. The fourth-order valence-corrected chi connectivity index (χ4v) is 5.27. The van der Waals surface area contributed by atoms with Gasteiger partial charge in [-0.15, -0.1) is 0 Å². The van der Waals surface area contributed by atoms with Crippen LogP contribution < -0.4 is 9.47 Å². The predicted octanol–water partition coefficient (Wildman–Crippen LogP) is 3.48. The molecule has 0 N–H and O–H groups in total. The van der Waals surface area contributed by atoms with Crippen LogP contribution in [0.3, 0.4) is 0 Å². The topological polar surface area (TPSA) is 45.2 Å². The van der Waals surface area contributed by atoms with Crippen molar-refractivity contribution in [3.05, 3.63) is 22.2 Å². The third-order valence-corrected chi connectivity index (χ3v) is 6.62. The van der Waals surface area contributed by atoms with E-state index >= 15 is 0 Å². The number of ether oxygens (including phenoxy) is 2. The zero-order valence-electron chi connectivity index (χ0n) is 18.8. The van der Waals surface area contributed by atoms with Crippen molar-refractivity contribution in [1.29, 1.82) is 0 Å². The highest BCUT2D eigenvalue weighted by atomic mass is 79.9. The Morgan fingerprint density at radius 1 is 1.10 bits per heavy atom. The Kier molecular flexibility index (Phi) is 8.43. The summed E-state index contributed by atoms with van der Waals surface area (Å²) in [6, 6.07) is 4.17. The van der Waals surface area contributed by atoms with Crippen LogP contribution in [0.1, 0.15) is 32.8 Å². The monoisotopic (exact) mass is 481 g/mol. The highest BCUT2D eigenvalue weighted by molar-refractivity contribution is 9.10. The van der Waals surface area contributed by atoms with Crippen molar-refractivity contribution in [3.63, 3.8) is 0 Å². The van der Waals surface area contributed by atoms with Crippen LogP contribution in [-0.2, 0) is 11.3 Å². The van der Waals surface area contributed by atoms with E-state index in [-0.39, 0.29) is 0 Å². The van der Waals surface area contributed by atoms with Crippen molar-refractivity contribution < 1.29 is 14.3 Å². The minimum absolute atomic E-state index is 0.294. The van der Waals surface area contributed by atoms with Crippen molar-refractivity contribution in [2.24, 2.45) is 11.8 Å². The summed E-state index contributed by atoms with van der Waals surface area (Å²) in [7, 11) is 1.67. The number of carbonyl (C=O) groups is 1. The maximum absolute atomic E-state index is 12.8. The second-order valence-corrected chi connectivity index (χ2v) is 9.69. The maximum Gasteiger partial charge on any atom is 0.236 e. The number of piperazine rings is 1. The van der Waals surface area contributed by atoms with Crippen LogP contribution in [-0.4, -0.2) is 80.1 Å². The molecule has 1 amide bonds. The summed E-state index contributed by atoms with van der Waals surface area (Å²) in [5, 5.41) is 0. The second-order valence-electron chi connectivity index (χ2n) is 8.84. The molecular formula is C23H36BrN3O3. The Morgan fingerprint density at radius 2 is 1.73 bits per heavy atom. The summed E-state index contributed by atoms with van der Waals surface area (Å²) in [6.45, 7) is 14.1. The second kappa shape index (κ2) is 10.8. The summed E-state index contributed by atoms with van der Waals surface area (Å²) < 4.78 is 12.1. The SMILES string of the molecule is CCOc1c(Br)cc(CN2CCN(CC(=O)N3C[C@H](C)C[C@H](C)C3)CC2)cc1OC. The molecule has 0 bridgehead atoms. The number of hydrogen-bond donors (Lipinski definition) is 0. The van der Waals surface area contributed by atoms with E-state index in [1.165, 1.54) is 12.0 Å². The van der Waals surface area contributed by atoms with Gasteiger partial charge in [-0.3, -0.25) is 14.6 Å². The minimum Gasteiger partial charge on any atom is -0.493 e. The fourth-order valence-electron chi connectivity index (χ4n) is 4.67. The zero-order chi connectivity index (χ0) is 21.7. The van der Waals surface area contributed by atoms with Crippen LogP contribution in [0.5, 0.6) is 11.5 Å². The molecule has 2 aliphatic heterocycles. The van der Waals surface area contributed by atoms with Gasteiger partial charge in [-0.05, 0) is 58.8 Å². The molecule has 7 heteroatoms. The smallest absolute Gasteiger partial charge is 0.236 e. The largest absolute Gasteiger partial charge is 0.493 e. The van der Waals surface area contributed by atoms with E-state index in [1.54, 1.807) is 7.11 Å². The normalized spacial score (nSPS) is 23.4. The molecule has 30 heavy (non-hydrogen) atoms. The molecule has 3 rings (SSSR count). The summed E-state index contributed by atoms with van der Waals surface area (Å²) in [6.07, 6.45) is 1.23. The summed E-state index contributed by atoms with van der Waals surface area (Å²) in [5.74, 6) is 3.03. The highest BCUT2D eigenvalue weighted by Gasteiger charge is 2.27. The van der Waals surface area contributed by atoms with Crippen molar-refractivity contribution in [1.82, 2.24) is 14.7 Å². The first-order valence-electron chi connectivity index (χ1n) is 11.1. The molecule has 1 aromatic rings. The van der Waals surface area contributed by atoms with Crippen molar-refractivity contribution >= 4 is 21.8 Å². The first-order chi connectivity index (χ1) is 14.4. The average Bonchev–Trinajstić information content (AvgIpc) is 2.70. The van der Waals surface area contributed by atoms with E-state index in [1.807, 2.05) is 6.92 Å². The van der Waals surface area contributed by atoms with Crippen LogP contribution >= 0.6 is 15.9 Å². The van der Waals surface area contributed by atoms with Crippen LogP contribution in [0.4, 0.5) is 0 Å². The average molecular weight is 482 g/mol. The molecule has 2 fully saturated rings. The van der Waals surface area contributed by atoms with Gasteiger partial charge in [-0.2, -0.15) is 0 Å². The first kappa shape index (κ1) is 23.4. The summed E-state index contributed by atoms with van der Waals surface area (Å²) in [5.41, 5.74) is 1.20. The number of amides is 1. The van der Waals surface area contributed by atoms with E-state index < -0.39 is 0 Å². The number of likely N-dealkylation sites (tertiary alicyclic amines) is 1. The van der Waals surface area contributed by atoms with Gasteiger partial charge >= 0.3 is 0 Å². The van der Waals surface area contributed by atoms with Crippen molar-refractivity contribution in [2.75, 3.05) is 59.5 Å². The molecule has 2 saturated heterocycles. The van der Waals surface area contributed by atoms with Gasteiger partial charge in [0.25, 0.3) is 0 Å². The highest BCUT2D eigenvalue weighted by Crippen LogP contribution is 2.37. The van der Waals surface area contributed by atoms with E-state index in [0.717, 1.165) is 61.8 Å². The van der Waals surface area contributed by atoms with Gasteiger partial charge in [0.1, 0.15) is 0 Å². The molecule has 2 atom stereocenters. The van der Waals surface area contributed by atoms with E-state index in [0.29, 0.717) is 30.9 Å². The van der Waals surface area contributed by atoms with Crippen LogP contribution in [0.2, 0.25) is 0 Å². The van der Waals surface area contributed by atoms with E-state index in [2.05, 4.69) is 56.6 Å². The molecule has 0 aliphatic carbocycles. The molecule has 1 aromatic carbocycles. The predicted molar refractivity (Wildman–Crippen MR) is 123 cm³/mol. The minimum atomic E-state index is 0.294. The molecular weight excluding hydrogens is 446 g/mol. The zero-order valence-corrected chi connectivity index (χ0v) is 20.4. The van der Waals surface area contributed by atoms with Crippen molar-refractivity contribution in [3.8, 4) is 11.5 Å². The van der Waals surface area contributed by atoms with E-state index in [9.17, 15) is 4.79 Å². The standard InChI is InChI=1S/C23H36BrN3O3/c1-5-30-23-20(24)11-19(12-21(23)29-4)15-25-6-8-26(9-7-25)16-22(28)27-13-17(2)10-18(3)14-27/h11-12,17-18H,5-10,13-16H2,1-4H3/t17-,18+. The van der Waals surface area contributed by atoms with Gasteiger partial charge in [0, 0.05) is 45.8 Å². The molecule has 0 unspecified atom stereocenters. The van der Waals surface area contributed by atoms with Crippen molar-refractivity contribution in [2.45, 2.75) is 33.7 Å². The summed E-state index contributed by atoms with van der Waals surface area (Å²) in [4.78, 5) is 19.6. The lowest BCUT2D eigenvalue weighted by Crippen LogP contribution is -2.51. The number of methoxy groups -OCH3 is 1. The maximum atomic E-state index is 12.8.